The Kier molecular flexibility index (Phi) is 7.52. The molecule has 4 rings (SSSR count). The van der Waals surface area contributed by atoms with E-state index in [0.717, 1.165) is 0 Å². The highest BCUT2D eigenvalue weighted by Crippen LogP contribution is 2.49. The highest BCUT2D eigenvalue weighted by molar-refractivity contribution is 6.09. The molecule has 2 fully saturated rings. The molecule has 0 radical (unpaired) electrons. The van der Waals surface area contributed by atoms with Crippen molar-refractivity contribution >= 4 is 17.7 Å². The van der Waals surface area contributed by atoms with Crippen molar-refractivity contribution in [1.82, 2.24) is 0 Å². The van der Waals surface area contributed by atoms with E-state index in [4.69, 9.17) is 18.9 Å². The van der Waals surface area contributed by atoms with Gasteiger partial charge in [-0.15, -0.1) is 0 Å². The monoisotopic (exact) mass is 508 g/mol. The zero-order chi connectivity index (χ0) is 26.5. The minimum atomic E-state index is -1.61. The number of aliphatic hydroxyl groups is 4. The lowest BCUT2D eigenvalue weighted by molar-refractivity contribution is -0.299. The normalized spacial score (nSPS) is 40.2. The minimum Gasteiger partial charge on any atom is -0.461 e. The van der Waals surface area contributed by atoms with E-state index in [1.807, 2.05) is 0 Å². The van der Waals surface area contributed by atoms with Crippen molar-refractivity contribution in [2.75, 3.05) is 13.2 Å². The van der Waals surface area contributed by atoms with Gasteiger partial charge >= 0.3 is 11.9 Å². The van der Waals surface area contributed by atoms with Gasteiger partial charge in [0.2, 0.25) is 0 Å². The fraction of sp³-hybridized carbons (Fsp3) is 0.640. The van der Waals surface area contributed by atoms with E-state index in [2.05, 4.69) is 6.58 Å². The van der Waals surface area contributed by atoms with Crippen molar-refractivity contribution in [2.45, 2.75) is 70.1 Å². The number of carbonyl (C=O) groups is 3. The summed E-state index contributed by atoms with van der Waals surface area (Å²) in [5, 5.41) is 39.7. The molecule has 10 atom stereocenters. The molecule has 0 spiro atoms. The minimum absolute atomic E-state index is 0.212. The van der Waals surface area contributed by atoms with Crippen molar-refractivity contribution in [2.24, 2.45) is 17.8 Å². The number of ether oxygens (including phenoxy) is 4. The van der Waals surface area contributed by atoms with E-state index in [1.165, 1.54) is 13.0 Å². The SMILES string of the molecule is C=C(C)C(=O)O[C@H]1CC(C)=C2C(=O)C=C(CO[C@H]3O[C@H](CO)[C@@H](O)[C@H](O)[C@H]3O)[C@@H]2[C@@H]2OC(=O)[C@@H](C)[C@@H]21. The molecule has 11 heteroatoms. The predicted molar refractivity (Wildman–Crippen MR) is 121 cm³/mol. The van der Waals surface area contributed by atoms with Crippen LogP contribution < -0.4 is 0 Å². The number of ketones is 1. The number of carbonyl (C=O) groups excluding carboxylic acids is 3. The van der Waals surface area contributed by atoms with Gasteiger partial charge in [0.25, 0.3) is 0 Å². The van der Waals surface area contributed by atoms with Gasteiger partial charge in [0, 0.05) is 29.4 Å². The second-order valence-corrected chi connectivity index (χ2v) is 9.96. The molecule has 0 saturated carbocycles. The van der Waals surface area contributed by atoms with Crippen LogP contribution in [0.2, 0.25) is 0 Å². The zero-order valence-corrected chi connectivity index (χ0v) is 20.3. The predicted octanol–water partition coefficient (Wildman–Crippen LogP) is -0.686. The van der Waals surface area contributed by atoms with Gasteiger partial charge in [0.15, 0.2) is 12.1 Å². The van der Waals surface area contributed by atoms with Gasteiger partial charge in [-0.25, -0.2) is 4.79 Å². The number of rotatable bonds is 6. The highest BCUT2D eigenvalue weighted by Gasteiger charge is 2.56. The first-order valence-electron chi connectivity index (χ1n) is 11.9. The second kappa shape index (κ2) is 10.2. The number of fused-ring (bicyclic) bond motifs is 3. The van der Waals surface area contributed by atoms with Crippen molar-refractivity contribution in [3.63, 3.8) is 0 Å². The molecule has 0 aromatic carbocycles. The summed E-state index contributed by atoms with van der Waals surface area (Å²) in [6.45, 7) is 7.77. The molecule has 36 heavy (non-hydrogen) atoms. The van der Waals surface area contributed by atoms with Gasteiger partial charge in [-0.3, -0.25) is 9.59 Å². The molecule has 2 heterocycles. The Morgan fingerprint density at radius 1 is 1.19 bits per heavy atom. The molecule has 2 saturated heterocycles. The Bertz CT molecular complexity index is 1010. The Labute approximate surface area is 208 Å². The molecule has 4 aliphatic rings. The second-order valence-electron chi connectivity index (χ2n) is 9.96. The van der Waals surface area contributed by atoms with E-state index in [0.29, 0.717) is 16.7 Å². The zero-order valence-electron chi connectivity index (χ0n) is 20.3. The average molecular weight is 509 g/mol. The van der Waals surface area contributed by atoms with Crippen LogP contribution in [0, 0.1) is 17.8 Å². The lowest BCUT2D eigenvalue weighted by Gasteiger charge is -2.39. The molecular weight excluding hydrogens is 476 g/mol. The summed E-state index contributed by atoms with van der Waals surface area (Å²) in [5.74, 6) is -3.12. The molecule has 0 aromatic heterocycles. The largest absolute Gasteiger partial charge is 0.461 e. The van der Waals surface area contributed by atoms with Gasteiger partial charge in [-0.2, -0.15) is 0 Å². The van der Waals surface area contributed by atoms with Crippen LogP contribution in [0.5, 0.6) is 0 Å². The van der Waals surface area contributed by atoms with Crippen LogP contribution in [0.25, 0.3) is 0 Å². The van der Waals surface area contributed by atoms with Gasteiger partial charge in [0.1, 0.15) is 36.6 Å². The lowest BCUT2D eigenvalue weighted by atomic mass is 9.79. The summed E-state index contributed by atoms with van der Waals surface area (Å²) < 4.78 is 22.5. The van der Waals surface area contributed by atoms with Crippen molar-refractivity contribution in [3.05, 3.63) is 34.9 Å². The summed E-state index contributed by atoms with van der Waals surface area (Å²) in [6.07, 6.45) is -7.15. The molecule has 11 nitrogen and oxygen atoms in total. The van der Waals surface area contributed by atoms with Crippen molar-refractivity contribution in [3.8, 4) is 0 Å². The quantitative estimate of drug-likeness (QED) is 0.265. The van der Waals surface area contributed by atoms with E-state index < -0.39 is 79.2 Å². The van der Waals surface area contributed by atoms with E-state index in [1.54, 1.807) is 13.8 Å². The molecule has 0 unspecified atom stereocenters. The first-order chi connectivity index (χ1) is 17.0. The highest BCUT2D eigenvalue weighted by atomic mass is 16.7. The standard InChI is InChI=1S/C25H32O11/c1-9(2)23(31)34-14-5-10(3)16-13(27)6-12(18(16)22-17(14)11(4)24(32)36-22)8-33-25-21(30)20(29)19(28)15(7-26)35-25/h6,11,14-15,17-22,25-26,28-30H,1,5,7-8H2,2-4H3/t11-,14-,15+,17+,18-,19+,20-,21+,22+,25-/m0/s1. The maximum absolute atomic E-state index is 13.0. The molecule has 2 aliphatic carbocycles. The van der Waals surface area contributed by atoms with Crippen LogP contribution in [0.4, 0.5) is 0 Å². The lowest BCUT2D eigenvalue weighted by Crippen LogP contribution is -2.59. The van der Waals surface area contributed by atoms with Gasteiger partial charge in [-0.1, -0.05) is 19.1 Å². The molecule has 0 bridgehead atoms. The maximum Gasteiger partial charge on any atom is 0.333 e. The number of esters is 2. The van der Waals surface area contributed by atoms with Crippen LogP contribution in [0.1, 0.15) is 27.2 Å². The fourth-order valence-corrected chi connectivity index (χ4v) is 5.53. The van der Waals surface area contributed by atoms with Crippen molar-refractivity contribution in [1.29, 1.82) is 0 Å². The summed E-state index contributed by atoms with van der Waals surface area (Å²) in [7, 11) is 0. The molecule has 4 N–H and O–H groups in total. The van der Waals surface area contributed by atoms with Gasteiger partial charge in [0.05, 0.1) is 19.1 Å². The van der Waals surface area contributed by atoms with E-state index in [-0.39, 0.29) is 24.4 Å². The Morgan fingerprint density at radius 3 is 2.53 bits per heavy atom. The number of allylic oxidation sites excluding steroid dienone is 1. The Morgan fingerprint density at radius 2 is 1.89 bits per heavy atom. The third-order valence-electron chi connectivity index (χ3n) is 7.47. The van der Waals surface area contributed by atoms with Crippen LogP contribution >= 0.6 is 0 Å². The maximum atomic E-state index is 13.0. The molecule has 0 aromatic rings. The number of aliphatic hydroxyl groups excluding tert-OH is 4. The van der Waals surface area contributed by atoms with Crippen molar-refractivity contribution < 1.29 is 53.8 Å². The van der Waals surface area contributed by atoms with Gasteiger partial charge < -0.3 is 39.4 Å². The van der Waals surface area contributed by atoms with Crippen LogP contribution in [0.3, 0.4) is 0 Å². The van der Waals surface area contributed by atoms with E-state index in [9.17, 15) is 34.8 Å². The third kappa shape index (κ3) is 4.55. The first kappa shape index (κ1) is 26.6. The average Bonchev–Trinajstić information content (AvgIpc) is 3.27. The summed E-state index contributed by atoms with van der Waals surface area (Å²) in [4.78, 5) is 38.0. The smallest absolute Gasteiger partial charge is 0.333 e. The topological polar surface area (TPSA) is 169 Å². The van der Waals surface area contributed by atoms with E-state index >= 15 is 0 Å². The molecule has 2 aliphatic heterocycles. The molecule has 198 valence electrons. The third-order valence-corrected chi connectivity index (χ3v) is 7.47. The fourth-order valence-electron chi connectivity index (χ4n) is 5.53. The van der Waals surface area contributed by atoms with Crippen LogP contribution in [-0.4, -0.2) is 94.3 Å². The summed E-state index contributed by atoms with van der Waals surface area (Å²) >= 11 is 0. The Hall–Kier alpha value is -2.41. The van der Waals surface area contributed by atoms with Crippen LogP contribution in [-0.2, 0) is 33.3 Å². The Balaban J connectivity index is 1.60. The molecular formula is C25H32O11. The van der Waals surface area contributed by atoms with Gasteiger partial charge in [-0.05, 0) is 25.5 Å². The summed E-state index contributed by atoms with van der Waals surface area (Å²) in [5.41, 5.74) is 1.81. The summed E-state index contributed by atoms with van der Waals surface area (Å²) in [6, 6.07) is 0. The molecule has 0 amide bonds. The number of hydrogen-bond donors (Lipinski definition) is 4. The number of hydrogen-bond acceptors (Lipinski definition) is 11. The van der Waals surface area contributed by atoms with Crippen LogP contribution in [0.15, 0.2) is 34.9 Å². The first-order valence-corrected chi connectivity index (χ1v) is 11.9.